The first kappa shape index (κ1) is 14.6. The average Bonchev–Trinajstić information content (AvgIpc) is 2.31. The van der Waals surface area contributed by atoms with E-state index in [2.05, 4.69) is 13.2 Å². The lowest BCUT2D eigenvalue weighted by Crippen LogP contribution is -2.02. The number of hydrogen-bond acceptors (Lipinski definition) is 3. The monoisotopic (exact) mass is 234 g/mol. The molecule has 0 bridgehead atoms. The Morgan fingerprint density at radius 1 is 1.29 bits per heavy atom. The van der Waals surface area contributed by atoms with Crippen molar-refractivity contribution in [1.82, 2.24) is 0 Å². The highest BCUT2D eigenvalue weighted by molar-refractivity contribution is 5.84. The van der Waals surface area contributed by atoms with Crippen molar-refractivity contribution in [1.29, 1.82) is 0 Å². The fraction of sp³-hybridized carbons (Fsp3) is 0.0769. The number of esters is 1. The highest BCUT2D eigenvalue weighted by Crippen LogP contribution is 2.07. The normalized spacial score (nSPS) is 8.29. The number of carbonyl (C=O) groups excluding carboxylic acids is 1. The van der Waals surface area contributed by atoms with Gasteiger partial charge in [-0.25, -0.2) is 9.59 Å². The molecule has 0 aliphatic carbocycles. The van der Waals surface area contributed by atoms with E-state index in [1.807, 2.05) is 6.07 Å². The van der Waals surface area contributed by atoms with E-state index in [9.17, 15) is 9.59 Å². The van der Waals surface area contributed by atoms with E-state index >= 15 is 0 Å². The van der Waals surface area contributed by atoms with Crippen LogP contribution in [0.15, 0.2) is 55.1 Å². The molecule has 90 valence electrons. The maximum Gasteiger partial charge on any atom is 0.335 e. The Morgan fingerprint density at radius 3 is 2.12 bits per heavy atom. The zero-order chi connectivity index (χ0) is 13.3. The number of carboxylic acid groups (broad SMARTS) is 1. The van der Waals surface area contributed by atoms with Gasteiger partial charge in [0.05, 0.1) is 0 Å². The van der Waals surface area contributed by atoms with Gasteiger partial charge in [-0.15, -0.1) is 0 Å². The van der Waals surface area contributed by atoms with E-state index in [4.69, 9.17) is 9.84 Å². The topological polar surface area (TPSA) is 63.6 Å². The molecular formula is C13H14O4. The van der Waals surface area contributed by atoms with Crippen molar-refractivity contribution in [2.75, 3.05) is 0 Å². The zero-order valence-corrected chi connectivity index (χ0v) is 9.55. The van der Waals surface area contributed by atoms with Gasteiger partial charge in [0, 0.05) is 11.6 Å². The summed E-state index contributed by atoms with van der Waals surface area (Å²) in [6.07, 6.45) is 1.13. The van der Waals surface area contributed by atoms with Crippen LogP contribution in [0.2, 0.25) is 0 Å². The quantitative estimate of drug-likeness (QED) is 0.495. The summed E-state index contributed by atoms with van der Waals surface area (Å²) >= 11 is 0. The van der Waals surface area contributed by atoms with Crippen LogP contribution in [0.3, 0.4) is 0 Å². The highest BCUT2D eigenvalue weighted by Gasteiger charge is 1.95. The van der Waals surface area contributed by atoms with Crippen LogP contribution >= 0.6 is 0 Å². The van der Waals surface area contributed by atoms with Crippen LogP contribution in [0.1, 0.15) is 6.92 Å². The minimum Gasteiger partial charge on any atom is -0.478 e. The van der Waals surface area contributed by atoms with Crippen molar-refractivity contribution in [3.05, 3.63) is 55.1 Å². The summed E-state index contributed by atoms with van der Waals surface area (Å²) in [4.78, 5) is 20.2. The second-order valence-corrected chi connectivity index (χ2v) is 3.02. The first-order valence-corrected chi connectivity index (χ1v) is 4.75. The molecular weight excluding hydrogens is 220 g/mol. The van der Waals surface area contributed by atoms with E-state index in [1.165, 1.54) is 6.92 Å². The molecule has 0 radical (unpaired) electrons. The van der Waals surface area contributed by atoms with E-state index in [0.717, 1.165) is 6.08 Å². The Kier molecular flexibility index (Phi) is 6.78. The Hall–Kier alpha value is -2.36. The number of hydrogen-bond donors (Lipinski definition) is 1. The fourth-order valence-electron chi connectivity index (χ4n) is 0.646. The number of para-hydroxylation sites is 1. The van der Waals surface area contributed by atoms with Gasteiger partial charge in [-0.2, -0.15) is 0 Å². The third-order valence-electron chi connectivity index (χ3n) is 1.49. The predicted molar refractivity (Wildman–Crippen MR) is 64.7 cm³/mol. The molecule has 0 fully saturated rings. The third kappa shape index (κ3) is 7.56. The summed E-state index contributed by atoms with van der Waals surface area (Å²) in [6.45, 7) is 7.88. The van der Waals surface area contributed by atoms with Gasteiger partial charge in [0.25, 0.3) is 0 Å². The van der Waals surface area contributed by atoms with Crippen LogP contribution in [-0.2, 0) is 9.59 Å². The SMILES string of the molecule is C=C(C)C(=O)O.C=CC(=O)Oc1ccccc1. The number of ether oxygens (including phenoxy) is 1. The summed E-state index contributed by atoms with van der Waals surface area (Å²) in [5, 5.41) is 7.89. The molecule has 0 atom stereocenters. The van der Waals surface area contributed by atoms with Crippen LogP contribution in [0.4, 0.5) is 0 Å². The summed E-state index contributed by atoms with van der Waals surface area (Å²) in [6, 6.07) is 8.87. The molecule has 4 nitrogen and oxygen atoms in total. The van der Waals surface area contributed by atoms with Crippen LogP contribution in [0.25, 0.3) is 0 Å². The van der Waals surface area contributed by atoms with Crippen molar-refractivity contribution >= 4 is 11.9 Å². The second kappa shape index (κ2) is 7.87. The Morgan fingerprint density at radius 2 is 1.76 bits per heavy atom. The molecule has 0 saturated carbocycles. The third-order valence-corrected chi connectivity index (χ3v) is 1.49. The molecule has 1 aromatic carbocycles. The zero-order valence-electron chi connectivity index (χ0n) is 9.55. The molecule has 0 unspecified atom stereocenters. The van der Waals surface area contributed by atoms with E-state index in [-0.39, 0.29) is 5.57 Å². The number of carboxylic acids is 1. The molecule has 17 heavy (non-hydrogen) atoms. The molecule has 1 rings (SSSR count). The first-order chi connectivity index (χ1) is 7.97. The van der Waals surface area contributed by atoms with Gasteiger partial charge in [-0.1, -0.05) is 31.4 Å². The maximum atomic E-state index is 10.6. The van der Waals surface area contributed by atoms with Crippen molar-refractivity contribution in [2.24, 2.45) is 0 Å². The van der Waals surface area contributed by atoms with Crippen molar-refractivity contribution < 1.29 is 19.4 Å². The molecule has 0 amide bonds. The smallest absolute Gasteiger partial charge is 0.335 e. The lowest BCUT2D eigenvalue weighted by molar-refractivity contribution is -0.132. The number of aliphatic carboxylic acids is 1. The second-order valence-electron chi connectivity index (χ2n) is 3.02. The Labute approximate surface area is 99.8 Å². The van der Waals surface area contributed by atoms with Gasteiger partial charge in [0.2, 0.25) is 0 Å². The van der Waals surface area contributed by atoms with Gasteiger partial charge in [-0.05, 0) is 19.1 Å². The minimum absolute atomic E-state index is 0.176. The van der Waals surface area contributed by atoms with Gasteiger partial charge in [0.15, 0.2) is 0 Å². The van der Waals surface area contributed by atoms with Gasteiger partial charge in [0.1, 0.15) is 5.75 Å². The summed E-state index contributed by atoms with van der Waals surface area (Å²) in [5.74, 6) is -0.830. The molecule has 0 aromatic heterocycles. The molecule has 1 aromatic rings. The Balaban J connectivity index is 0.000000366. The Bertz CT molecular complexity index is 395. The summed E-state index contributed by atoms with van der Waals surface area (Å²) in [5.41, 5.74) is 0.176. The van der Waals surface area contributed by atoms with Gasteiger partial charge in [-0.3, -0.25) is 0 Å². The lowest BCUT2D eigenvalue weighted by Gasteiger charge is -1.98. The predicted octanol–water partition coefficient (Wildman–Crippen LogP) is 2.43. The van der Waals surface area contributed by atoms with Gasteiger partial charge < -0.3 is 9.84 Å². The number of benzene rings is 1. The summed E-state index contributed by atoms with van der Waals surface area (Å²) in [7, 11) is 0. The van der Waals surface area contributed by atoms with E-state index < -0.39 is 11.9 Å². The molecule has 0 aliphatic rings. The van der Waals surface area contributed by atoms with E-state index in [0.29, 0.717) is 5.75 Å². The van der Waals surface area contributed by atoms with Crippen molar-refractivity contribution in [3.63, 3.8) is 0 Å². The summed E-state index contributed by atoms with van der Waals surface area (Å²) < 4.78 is 4.81. The first-order valence-electron chi connectivity index (χ1n) is 4.75. The van der Waals surface area contributed by atoms with Crippen molar-refractivity contribution in [3.8, 4) is 5.75 Å². The lowest BCUT2D eigenvalue weighted by atomic mass is 10.3. The molecule has 0 aliphatic heterocycles. The highest BCUT2D eigenvalue weighted by atomic mass is 16.5. The minimum atomic E-state index is -0.935. The van der Waals surface area contributed by atoms with Crippen molar-refractivity contribution in [2.45, 2.75) is 6.92 Å². The van der Waals surface area contributed by atoms with Crippen LogP contribution in [-0.4, -0.2) is 17.0 Å². The van der Waals surface area contributed by atoms with E-state index in [1.54, 1.807) is 24.3 Å². The fourth-order valence-corrected chi connectivity index (χ4v) is 0.646. The van der Waals surface area contributed by atoms with Crippen LogP contribution in [0, 0.1) is 0 Å². The van der Waals surface area contributed by atoms with Crippen LogP contribution in [0.5, 0.6) is 5.75 Å². The number of carbonyl (C=O) groups is 2. The maximum absolute atomic E-state index is 10.6. The average molecular weight is 234 g/mol. The van der Waals surface area contributed by atoms with Crippen LogP contribution < -0.4 is 4.74 Å². The molecule has 1 N–H and O–H groups in total. The standard InChI is InChI=1S/C9H8O2.C4H6O2/c1-2-9(10)11-8-6-4-3-5-7-8;1-3(2)4(5)6/h2-7H,1H2;1H2,2H3,(H,5,6). The molecule has 0 spiro atoms. The molecule has 4 heteroatoms. The molecule has 0 heterocycles. The number of rotatable bonds is 3. The van der Waals surface area contributed by atoms with Gasteiger partial charge >= 0.3 is 11.9 Å². The molecule has 0 saturated heterocycles. The largest absolute Gasteiger partial charge is 0.478 e.